The van der Waals surface area contributed by atoms with Crippen LogP contribution in [0.3, 0.4) is 0 Å². The van der Waals surface area contributed by atoms with Gasteiger partial charge in [-0.3, -0.25) is 24.1 Å². The van der Waals surface area contributed by atoms with Gasteiger partial charge in [0.05, 0.1) is 11.0 Å². The van der Waals surface area contributed by atoms with Gasteiger partial charge in [0, 0.05) is 6.42 Å². The molecule has 2 amide bonds. The van der Waals surface area contributed by atoms with Crippen LogP contribution in [0.4, 0.5) is 0 Å². The molecule has 0 bridgehead atoms. The van der Waals surface area contributed by atoms with Gasteiger partial charge in [-0.05, 0) is 39.3 Å². The molecule has 3 rings (SSSR count). The summed E-state index contributed by atoms with van der Waals surface area (Å²) in [4.78, 5) is 63.0. The van der Waals surface area contributed by atoms with Crippen molar-refractivity contribution in [2.75, 3.05) is 12.4 Å². The van der Waals surface area contributed by atoms with E-state index in [1.54, 1.807) is 45.0 Å². The molecule has 0 aliphatic carbocycles. The number of carbonyl (C=O) groups excluding carboxylic acids is 5. The van der Waals surface area contributed by atoms with Crippen molar-refractivity contribution in [2.45, 2.75) is 61.4 Å². The lowest BCUT2D eigenvalue weighted by Crippen LogP contribution is -2.72. The fraction of sp³-hybridized carbons (Fsp3) is 0.522. The second-order valence-electron chi connectivity index (χ2n) is 8.95. The second-order valence-corrected chi connectivity index (χ2v) is 11.7. The monoisotopic (exact) mass is 542 g/mol. The van der Waals surface area contributed by atoms with Gasteiger partial charge in [-0.15, -0.1) is 11.8 Å². The molecule has 2 saturated heterocycles. The fourth-order valence-corrected chi connectivity index (χ4v) is 6.13. The standard InChI is InChI=1S/C23H27ClN2O7S2/c1-23(2,3)33-22(31)19(24)26-20(30)18(25-16(28)11-32-13-7-5-4-6-8-13)21(26)34-12-14(27)15-9-10-17(29)35-15/h4-8,15,18-19,21H,9-12H2,1-3H3,(H,25,28)/t15?,18-,19?,21-/m1/s1. The number of β-lactam (4-membered cyclic amide) rings is 1. The predicted molar refractivity (Wildman–Crippen MR) is 133 cm³/mol. The van der Waals surface area contributed by atoms with E-state index in [4.69, 9.17) is 21.1 Å². The van der Waals surface area contributed by atoms with E-state index in [0.29, 0.717) is 18.6 Å². The van der Waals surface area contributed by atoms with Crippen LogP contribution in [0.5, 0.6) is 5.75 Å². The largest absolute Gasteiger partial charge is 0.484 e. The minimum Gasteiger partial charge on any atom is -0.484 e. The zero-order valence-corrected chi connectivity index (χ0v) is 21.9. The number of esters is 1. The third-order valence-corrected chi connectivity index (χ3v) is 7.93. The molecule has 2 fully saturated rings. The number of thioether (sulfide) groups is 2. The zero-order chi connectivity index (χ0) is 25.8. The van der Waals surface area contributed by atoms with Crippen molar-refractivity contribution in [1.82, 2.24) is 10.2 Å². The maximum atomic E-state index is 12.9. The van der Waals surface area contributed by atoms with Crippen molar-refractivity contribution < 1.29 is 33.4 Å². The summed E-state index contributed by atoms with van der Waals surface area (Å²) in [6, 6.07) is 7.72. The summed E-state index contributed by atoms with van der Waals surface area (Å²) < 4.78 is 10.7. The number of hydrogen-bond donors (Lipinski definition) is 1. The molecule has 9 nitrogen and oxygen atoms in total. The normalized spacial score (nSPS) is 22.9. The molecule has 2 heterocycles. The summed E-state index contributed by atoms with van der Waals surface area (Å²) in [5.74, 6) is -1.58. The van der Waals surface area contributed by atoms with Crippen molar-refractivity contribution in [3.05, 3.63) is 30.3 Å². The zero-order valence-electron chi connectivity index (χ0n) is 19.5. The first-order valence-electron chi connectivity index (χ1n) is 11.0. The van der Waals surface area contributed by atoms with E-state index < -0.39 is 45.6 Å². The molecule has 0 aromatic heterocycles. The van der Waals surface area contributed by atoms with Crippen LogP contribution in [0.2, 0.25) is 0 Å². The second kappa shape index (κ2) is 11.7. The van der Waals surface area contributed by atoms with Crippen LogP contribution in [-0.4, -0.2) is 73.7 Å². The number of carbonyl (C=O) groups is 5. The van der Waals surface area contributed by atoms with Gasteiger partial charge in [-0.25, -0.2) is 4.79 Å². The molecule has 2 unspecified atom stereocenters. The maximum absolute atomic E-state index is 12.9. The van der Waals surface area contributed by atoms with Crippen molar-refractivity contribution in [2.24, 2.45) is 0 Å². The Morgan fingerprint density at radius 2 is 1.91 bits per heavy atom. The molecular formula is C23H27ClN2O7S2. The molecule has 35 heavy (non-hydrogen) atoms. The summed E-state index contributed by atoms with van der Waals surface area (Å²) in [5, 5.41) is 1.38. The minimum absolute atomic E-state index is 0.00972. The number of benzene rings is 1. The highest BCUT2D eigenvalue weighted by molar-refractivity contribution is 8.15. The van der Waals surface area contributed by atoms with E-state index in [1.807, 2.05) is 6.07 Å². The lowest BCUT2D eigenvalue weighted by atomic mass is 10.1. The minimum atomic E-state index is -1.43. The number of amides is 2. The molecule has 0 saturated carbocycles. The van der Waals surface area contributed by atoms with Crippen LogP contribution >= 0.6 is 35.1 Å². The number of nitrogens with one attached hydrogen (secondary N) is 1. The Hall–Kier alpha value is -2.24. The van der Waals surface area contributed by atoms with E-state index in [-0.39, 0.29) is 23.3 Å². The Bertz CT molecular complexity index is 986. The van der Waals surface area contributed by atoms with Gasteiger partial charge < -0.3 is 14.8 Å². The van der Waals surface area contributed by atoms with Gasteiger partial charge in [0.1, 0.15) is 22.8 Å². The number of para-hydroxylation sites is 1. The van der Waals surface area contributed by atoms with Crippen LogP contribution in [0.15, 0.2) is 30.3 Å². The maximum Gasteiger partial charge on any atom is 0.345 e. The van der Waals surface area contributed by atoms with E-state index in [1.165, 1.54) is 0 Å². The first-order valence-corrected chi connectivity index (χ1v) is 13.3. The average Bonchev–Trinajstić information content (AvgIpc) is 3.24. The van der Waals surface area contributed by atoms with Crippen molar-refractivity contribution >= 4 is 63.8 Å². The van der Waals surface area contributed by atoms with Crippen LogP contribution in [0, 0.1) is 0 Å². The summed E-state index contributed by atoms with van der Waals surface area (Å²) >= 11 is 8.38. The van der Waals surface area contributed by atoms with Gasteiger partial charge >= 0.3 is 5.97 Å². The van der Waals surface area contributed by atoms with Gasteiger partial charge in [-0.2, -0.15) is 0 Å². The molecule has 0 spiro atoms. The van der Waals surface area contributed by atoms with Crippen LogP contribution in [0.1, 0.15) is 33.6 Å². The number of nitrogens with zero attached hydrogens (tertiary/aromatic N) is 1. The topological polar surface area (TPSA) is 119 Å². The van der Waals surface area contributed by atoms with Gasteiger partial charge in [0.15, 0.2) is 17.5 Å². The highest BCUT2D eigenvalue weighted by Crippen LogP contribution is 2.36. The lowest BCUT2D eigenvalue weighted by Gasteiger charge is -2.48. The van der Waals surface area contributed by atoms with Crippen molar-refractivity contribution in [3.63, 3.8) is 0 Å². The van der Waals surface area contributed by atoms with E-state index in [0.717, 1.165) is 28.4 Å². The number of Topliss-reactive ketones (excluding diaryl/α,β-unsaturated/α-hetero) is 1. The number of rotatable bonds is 10. The molecule has 190 valence electrons. The van der Waals surface area contributed by atoms with Crippen LogP contribution in [0.25, 0.3) is 0 Å². The van der Waals surface area contributed by atoms with Crippen LogP contribution < -0.4 is 10.1 Å². The fourth-order valence-electron chi connectivity index (χ4n) is 3.39. The van der Waals surface area contributed by atoms with E-state index in [9.17, 15) is 24.0 Å². The summed E-state index contributed by atoms with van der Waals surface area (Å²) in [6.45, 7) is 4.70. The van der Waals surface area contributed by atoms with E-state index >= 15 is 0 Å². The first kappa shape index (κ1) is 27.3. The third kappa shape index (κ3) is 7.37. The highest BCUT2D eigenvalue weighted by Gasteiger charge is 2.53. The number of ether oxygens (including phenoxy) is 2. The SMILES string of the molecule is CC(C)(C)OC(=O)C(Cl)N1C(=O)[C@@H](NC(=O)COc2ccccc2)[C@H]1SCC(=O)C1CCC(=O)S1. The highest BCUT2D eigenvalue weighted by atomic mass is 35.5. The van der Waals surface area contributed by atoms with E-state index in [2.05, 4.69) is 5.32 Å². The molecule has 1 aromatic carbocycles. The molecule has 12 heteroatoms. The molecule has 2 aliphatic heterocycles. The molecular weight excluding hydrogens is 516 g/mol. The Morgan fingerprint density at radius 1 is 1.23 bits per heavy atom. The summed E-state index contributed by atoms with van der Waals surface area (Å²) in [6.07, 6.45) is 0.825. The summed E-state index contributed by atoms with van der Waals surface area (Å²) in [5.41, 5.74) is -2.24. The number of hydrogen-bond acceptors (Lipinski definition) is 9. The Morgan fingerprint density at radius 3 is 2.51 bits per heavy atom. The number of halogens is 1. The van der Waals surface area contributed by atoms with Crippen molar-refractivity contribution in [1.29, 1.82) is 0 Å². The quantitative estimate of drug-likeness (QED) is 0.205. The number of likely N-dealkylation sites (tertiary alicyclic amines) is 1. The molecule has 0 radical (unpaired) electrons. The molecule has 1 N–H and O–H groups in total. The Balaban J connectivity index is 1.65. The first-order chi connectivity index (χ1) is 16.5. The lowest BCUT2D eigenvalue weighted by molar-refractivity contribution is -0.167. The van der Waals surface area contributed by atoms with Gasteiger partial charge in [0.2, 0.25) is 5.50 Å². The average molecular weight is 543 g/mol. The molecule has 2 aliphatic rings. The molecule has 4 atom stereocenters. The number of alkyl halides is 1. The predicted octanol–water partition coefficient (Wildman–Crippen LogP) is 2.35. The van der Waals surface area contributed by atoms with Gasteiger partial charge in [0.25, 0.3) is 11.8 Å². The smallest absolute Gasteiger partial charge is 0.345 e. The van der Waals surface area contributed by atoms with Gasteiger partial charge in [-0.1, -0.05) is 41.6 Å². The van der Waals surface area contributed by atoms with Crippen LogP contribution in [-0.2, 0) is 28.7 Å². The Kier molecular flexibility index (Phi) is 9.11. The van der Waals surface area contributed by atoms with Crippen molar-refractivity contribution in [3.8, 4) is 5.75 Å². The Labute approximate surface area is 217 Å². The summed E-state index contributed by atoms with van der Waals surface area (Å²) in [7, 11) is 0. The number of ketones is 1. The third-order valence-electron chi connectivity index (χ3n) is 4.99. The molecule has 1 aromatic rings.